The van der Waals surface area contributed by atoms with Crippen molar-refractivity contribution in [2.45, 2.75) is 42.4 Å². The van der Waals surface area contributed by atoms with Gasteiger partial charge in [0.1, 0.15) is 5.75 Å². The number of nitrogens with one attached hydrogen (secondary N) is 1. The van der Waals surface area contributed by atoms with Crippen LogP contribution in [0, 0.1) is 6.92 Å². The number of fused-ring (bicyclic) bond motifs is 1. The molecule has 8 nitrogen and oxygen atoms in total. The molecule has 5 aromatic rings. The van der Waals surface area contributed by atoms with E-state index in [-0.39, 0.29) is 22.0 Å². The number of carbonyl (C=O) groups excluding carboxylic acids is 1. The third-order valence-electron chi connectivity index (χ3n) is 7.61. The molecule has 0 aliphatic heterocycles. The van der Waals surface area contributed by atoms with E-state index in [0.717, 1.165) is 36.8 Å². The Morgan fingerprint density at radius 3 is 2.41 bits per heavy atom. The monoisotopic (exact) mass is 609 g/mol. The van der Waals surface area contributed by atoms with E-state index in [9.17, 15) is 13.2 Å². The topological polar surface area (TPSA) is 132 Å². The molecule has 0 aliphatic rings. The number of aliphatic hydroxyl groups excluding tert-OH is 1. The van der Waals surface area contributed by atoms with Gasteiger partial charge in [0.2, 0.25) is 9.84 Å². The molecule has 5 rings (SSSR count). The number of anilines is 2. The average molecular weight is 610 g/mol. The zero-order valence-corrected chi connectivity index (χ0v) is 25.5. The molecule has 44 heavy (non-hydrogen) atoms. The van der Waals surface area contributed by atoms with E-state index < -0.39 is 15.7 Å². The van der Waals surface area contributed by atoms with E-state index in [0.29, 0.717) is 33.6 Å². The number of aryl methyl sites for hydroxylation is 2. The van der Waals surface area contributed by atoms with E-state index >= 15 is 0 Å². The van der Waals surface area contributed by atoms with Crippen molar-refractivity contribution < 1.29 is 23.1 Å². The van der Waals surface area contributed by atoms with Crippen molar-refractivity contribution >= 4 is 38.0 Å². The minimum atomic E-state index is -3.95. The number of nitrogens with zero attached hydrogens (tertiary/aromatic N) is 1. The highest BCUT2D eigenvalue weighted by atomic mass is 32.2. The SMILES string of the molecule is COc1cccc(Nc2c(C(N)=O)cnc3c(C)cc(S(=O)(=O)c4cccc(-c5ccc(CCCCCO)cc5)c4)cc23)c1. The Morgan fingerprint density at radius 1 is 0.909 bits per heavy atom. The highest BCUT2D eigenvalue weighted by Gasteiger charge is 2.23. The van der Waals surface area contributed by atoms with Crippen LogP contribution in [0.1, 0.15) is 40.7 Å². The van der Waals surface area contributed by atoms with Gasteiger partial charge in [0.15, 0.2) is 0 Å². The first-order valence-electron chi connectivity index (χ1n) is 14.4. The fourth-order valence-corrected chi connectivity index (χ4v) is 6.65. The second-order valence-corrected chi connectivity index (χ2v) is 12.6. The van der Waals surface area contributed by atoms with Gasteiger partial charge in [0.05, 0.1) is 33.7 Å². The average Bonchev–Trinajstić information content (AvgIpc) is 3.03. The molecule has 1 heterocycles. The summed E-state index contributed by atoms with van der Waals surface area (Å²) >= 11 is 0. The van der Waals surface area contributed by atoms with E-state index in [4.69, 9.17) is 15.6 Å². The number of sulfone groups is 1. The molecule has 1 amide bonds. The van der Waals surface area contributed by atoms with Crippen LogP contribution in [-0.2, 0) is 16.3 Å². The summed E-state index contributed by atoms with van der Waals surface area (Å²) in [5.74, 6) is -0.0828. The highest BCUT2D eigenvalue weighted by molar-refractivity contribution is 7.91. The number of unbranched alkanes of at least 4 members (excludes halogenated alkanes) is 2. The zero-order valence-electron chi connectivity index (χ0n) is 24.7. The third kappa shape index (κ3) is 6.59. The molecular formula is C35H35N3O5S. The first-order chi connectivity index (χ1) is 21.2. The maximum atomic E-state index is 14.0. The predicted octanol–water partition coefficient (Wildman–Crippen LogP) is 6.60. The fourth-order valence-electron chi connectivity index (χ4n) is 5.23. The van der Waals surface area contributed by atoms with Gasteiger partial charge in [-0.25, -0.2) is 8.42 Å². The van der Waals surface area contributed by atoms with Crippen molar-refractivity contribution in [2.24, 2.45) is 5.73 Å². The normalized spacial score (nSPS) is 11.4. The number of nitrogens with two attached hydrogens (primary N) is 1. The molecule has 4 aromatic carbocycles. The maximum absolute atomic E-state index is 14.0. The van der Waals surface area contributed by atoms with Crippen molar-refractivity contribution in [1.29, 1.82) is 0 Å². The van der Waals surface area contributed by atoms with Gasteiger partial charge in [0, 0.05) is 29.9 Å². The summed E-state index contributed by atoms with van der Waals surface area (Å²) in [6, 6.07) is 25.3. The van der Waals surface area contributed by atoms with Gasteiger partial charge < -0.3 is 20.9 Å². The number of hydrogen-bond acceptors (Lipinski definition) is 7. The van der Waals surface area contributed by atoms with E-state index in [2.05, 4.69) is 22.4 Å². The van der Waals surface area contributed by atoms with Crippen molar-refractivity contribution in [2.75, 3.05) is 19.0 Å². The number of pyridine rings is 1. The van der Waals surface area contributed by atoms with Crippen LogP contribution in [0.2, 0.25) is 0 Å². The maximum Gasteiger partial charge on any atom is 0.252 e. The Bertz CT molecular complexity index is 1920. The van der Waals surface area contributed by atoms with Crippen LogP contribution in [0.3, 0.4) is 0 Å². The Hall–Kier alpha value is -4.73. The Morgan fingerprint density at radius 2 is 1.68 bits per heavy atom. The van der Waals surface area contributed by atoms with Crippen molar-refractivity contribution in [3.8, 4) is 16.9 Å². The quantitative estimate of drug-likeness (QED) is 0.136. The van der Waals surface area contributed by atoms with E-state index in [1.165, 1.54) is 17.8 Å². The highest BCUT2D eigenvalue weighted by Crippen LogP contribution is 2.35. The van der Waals surface area contributed by atoms with Gasteiger partial charge >= 0.3 is 0 Å². The van der Waals surface area contributed by atoms with Gasteiger partial charge in [-0.2, -0.15) is 0 Å². The lowest BCUT2D eigenvalue weighted by atomic mass is 10.0. The lowest BCUT2D eigenvalue weighted by Crippen LogP contribution is -2.14. The molecule has 0 fully saturated rings. The number of rotatable bonds is 12. The number of methoxy groups -OCH3 is 1. The minimum absolute atomic E-state index is 0.0787. The van der Waals surface area contributed by atoms with Crippen LogP contribution in [0.4, 0.5) is 11.4 Å². The van der Waals surface area contributed by atoms with Crippen LogP contribution >= 0.6 is 0 Å². The third-order valence-corrected chi connectivity index (χ3v) is 9.34. The fraction of sp³-hybridized carbons (Fsp3) is 0.200. The first-order valence-corrected chi connectivity index (χ1v) is 15.9. The number of benzene rings is 4. The summed E-state index contributed by atoms with van der Waals surface area (Å²) in [5, 5.41) is 12.7. The summed E-state index contributed by atoms with van der Waals surface area (Å²) in [7, 11) is -2.40. The Labute approximate surface area is 257 Å². The molecule has 0 bridgehead atoms. The van der Waals surface area contributed by atoms with Crippen molar-refractivity contribution in [3.05, 3.63) is 108 Å². The zero-order chi connectivity index (χ0) is 31.3. The number of aliphatic hydroxyl groups is 1. The second kappa shape index (κ2) is 13.3. The standard InChI is InChI=1S/C35H35N3O5S/c1-23-18-30(21-31-33(23)37-22-32(35(36)40)34(31)38-27-10-7-11-28(20-27)43-2)44(41,42)29-12-6-9-26(19-29)25-15-13-24(14-16-25)8-4-3-5-17-39/h6-7,9-16,18-22,39H,3-5,8,17H2,1-2H3,(H2,36,40)(H,37,38). The largest absolute Gasteiger partial charge is 0.497 e. The molecule has 0 spiro atoms. The van der Waals surface area contributed by atoms with Gasteiger partial charge in [0.25, 0.3) is 5.91 Å². The lowest BCUT2D eigenvalue weighted by molar-refractivity contribution is 0.100. The van der Waals surface area contributed by atoms with E-state index in [1.807, 2.05) is 24.3 Å². The van der Waals surface area contributed by atoms with Gasteiger partial charge in [-0.05, 0) is 84.8 Å². The van der Waals surface area contributed by atoms with Crippen LogP contribution in [0.15, 0.2) is 101 Å². The molecule has 9 heteroatoms. The summed E-state index contributed by atoms with van der Waals surface area (Å²) in [6.07, 6.45) is 5.12. The van der Waals surface area contributed by atoms with E-state index in [1.54, 1.807) is 56.5 Å². The number of carbonyl (C=O) groups is 1. The molecule has 0 saturated heterocycles. The number of ether oxygens (including phenoxy) is 1. The van der Waals surface area contributed by atoms with Crippen LogP contribution < -0.4 is 15.8 Å². The number of hydrogen-bond donors (Lipinski definition) is 3. The number of aromatic nitrogens is 1. The van der Waals surface area contributed by atoms with Gasteiger partial charge in [-0.1, -0.05) is 48.9 Å². The minimum Gasteiger partial charge on any atom is -0.497 e. The van der Waals surface area contributed by atoms with Gasteiger partial charge in [-0.15, -0.1) is 0 Å². The lowest BCUT2D eigenvalue weighted by Gasteiger charge is -2.16. The molecule has 0 saturated carbocycles. The molecular weight excluding hydrogens is 574 g/mol. The molecule has 0 unspecified atom stereocenters. The van der Waals surface area contributed by atoms with Crippen molar-refractivity contribution in [1.82, 2.24) is 4.98 Å². The Balaban J connectivity index is 1.53. The van der Waals surface area contributed by atoms with Crippen molar-refractivity contribution in [3.63, 3.8) is 0 Å². The molecule has 1 aromatic heterocycles. The van der Waals surface area contributed by atoms with Crippen LogP contribution in [0.25, 0.3) is 22.0 Å². The molecule has 4 N–H and O–H groups in total. The summed E-state index contributed by atoms with van der Waals surface area (Å²) in [5.41, 5.74) is 10.9. The molecule has 226 valence electrons. The smallest absolute Gasteiger partial charge is 0.252 e. The predicted molar refractivity (Wildman–Crippen MR) is 173 cm³/mol. The molecule has 0 atom stereocenters. The number of primary amides is 1. The Kier molecular flexibility index (Phi) is 9.27. The van der Waals surface area contributed by atoms with Crippen LogP contribution in [0.5, 0.6) is 5.75 Å². The second-order valence-electron chi connectivity index (χ2n) is 10.7. The summed E-state index contributed by atoms with van der Waals surface area (Å²) in [4.78, 5) is 17.1. The molecule has 0 aliphatic carbocycles. The summed E-state index contributed by atoms with van der Waals surface area (Å²) < 4.78 is 33.4. The summed E-state index contributed by atoms with van der Waals surface area (Å²) in [6.45, 7) is 2.00. The van der Waals surface area contributed by atoms with Crippen LogP contribution in [-0.4, -0.2) is 38.1 Å². The number of amides is 1. The molecule has 0 radical (unpaired) electrons. The first kappa shape index (κ1) is 30.7. The van der Waals surface area contributed by atoms with Gasteiger partial charge in [-0.3, -0.25) is 9.78 Å².